The van der Waals surface area contributed by atoms with Crippen molar-refractivity contribution in [1.82, 2.24) is 14.9 Å². The highest BCUT2D eigenvalue weighted by atomic mass is 16.5. The maximum absolute atomic E-state index is 12.8. The average molecular weight is 350 g/mol. The lowest BCUT2D eigenvalue weighted by Crippen LogP contribution is -2.42. The molecule has 0 bridgehead atoms. The number of rotatable bonds is 3. The molecule has 2 aromatic rings. The minimum absolute atomic E-state index is 0.00902. The summed E-state index contributed by atoms with van der Waals surface area (Å²) in [6, 6.07) is 10.0. The molecule has 1 fully saturated rings. The van der Waals surface area contributed by atoms with Crippen LogP contribution in [0.25, 0.3) is 0 Å². The number of fused-ring (bicyclic) bond motifs is 1. The molecule has 0 unspecified atom stereocenters. The monoisotopic (exact) mass is 350 g/mol. The molecule has 26 heavy (non-hydrogen) atoms. The van der Waals surface area contributed by atoms with Gasteiger partial charge in [0.05, 0.1) is 13.2 Å². The number of benzene rings is 1. The van der Waals surface area contributed by atoms with Gasteiger partial charge in [0.2, 0.25) is 5.69 Å². The lowest BCUT2D eigenvalue weighted by atomic mass is 9.98. The molecular formula is C19H18N4O3. The van der Waals surface area contributed by atoms with E-state index >= 15 is 0 Å². The van der Waals surface area contributed by atoms with E-state index in [0.29, 0.717) is 32.5 Å². The van der Waals surface area contributed by atoms with Gasteiger partial charge < -0.3 is 14.4 Å². The van der Waals surface area contributed by atoms with Gasteiger partial charge in [0.1, 0.15) is 18.3 Å². The molecule has 1 aromatic carbocycles. The number of hydrogen-bond acceptors (Lipinski definition) is 6. The first kappa shape index (κ1) is 16.5. The smallest absolute Gasteiger partial charge is 0.252 e. The Balaban J connectivity index is 1.38. The van der Waals surface area contributed by atoms with E-state index in [4.69, 9.17) is 14.7 Å². The Morgan fingerprint density at radius 1 is 1.27 bits per heavy atom. The first-order valence-corrected chi connectivity index (χ1v) is 8.59. The molecule has 1 saturated heterocycles. The molecule has 0 aliphatic carbocycles. The van der Waals surface area contributed by atoms with Crippen molar-refractivity contribution in [2.24, 2.45) is 0 Å². The average Bonchev–Trinajstić information content (AvgIpc) is 3.16. The number of nitrogens with zero attached hydrogens (tertiary/aromatic N) is 4. The van der Waals surface area contributed by atoms with E-state index < -0.39 is 6.10 Å². The summed E-state index contributed by atoms with van der Waals surface area (Å²) in [5.41, 5.74) is 2.47. The number of nitriles is 1. The van der Waals surface area contributed by atoms with Crippen molar-refractivity contribution in [3.05, 3.63) is 53.5 Å². The van der Waals surface area contributed by atoms with E-state index in [9.17, 15) is 4.79 Å². The quantitative estimate of drug-likeness (QED) is 0.833. The van der Waals surface area contributed by atoms with Gasteiger partial charge in [-0.25, -0.2) is 9.97 Å². The van der Waals surface area contributed by atoms with Gasteiger partial charge in [-0.05, 0) is 11.1 Å². The fourth-order valence-electron chi connectivity index (χ4n) is 3.38. The van der Waals surface area contributed by atoms with Crippen LogP contribution in [0.3, 0.4) is 0 Å². The molecular weight excluding hydrogens is 332 g/mol. The number of likely N-dealkylation sites (tertiary alicyclic amines) is 1. The molecule has 1 amide bonds. The van der Waals surface area contributed by atoms with Crippen LogP contribution in [-0.4, -0.2) is 46.1 Å². The highest BCUT2D eigenvalue weighted by Gasteiger charge is 2.34. The minimum atomic E-state index is -0.449. The number of aromatic nitrogens is 2. The predicted molar refractivity (Wildman–Crippen MR) is 91.1 cm³/mol. The van der Waals surface area contributed by atoms with Crippen LogP contribution in [0.4, 0.5) is 0 Å². The molecule has 7 nitrogen and oxygen atoms in total. The summed E-state index contributed by atoms with van der Waals surface area (Å²) in [4.78, 5) is 22.6. The lowest BCUT2D eigenvalue weighted by Gasteiger charge is -2.28. The number of amides is 1. The zero-order chi connectivity index (χ0) is 17.9. The van der Waals surface area contributed by atoms with Crippen molar-refractivity contribution in [2.45, 2.75) is 31.7 Å². The predicted octanol–water partition coefficient (Wildman–Crippen LogP) is 1.47. The van der Waals surface area contributed by atoms with Gasteiger partial charge in [-0.1, -0.05) is 24.3 Å². The van der Waals surface area contributed by atoms with E-state index in [0.717, 1.165) is 5.56 Å². The zero-order valence-corrected chi connectivity index (χ0v) is 14.2. The fraction of sp³-hybridized carbons (Fsp3) is 0.368. The SMILES string of the molecule is N#Cc1nccnc1O[C@@H]1CCN(C(=O)[C@@H]2Cc3ccccc3CO2)C1. The molecule has 3 heterocycles. The van der Waals surface area contributed by atoms with Crippen LogP contribution in [0.15, 0.2) is 36.7 Å². The summed E-state index contributed by atoms with van der Waals surface area (Å²) < 4.78 is 11.6. The van der Waals surface area contributed by atoms with Crippen molar-refractivity contribution in [2.75, 3.05) is 13.1 Å². The van der Waals surface area contributed by atoms with Crippen LogP contribution in [0, 0.1) is 11.3 Å². The first-order chi connectivity index (χ1) is 12.7. The Morgan fingerprint density at radius 3 is 2.92 bits per heavy atom. The second-order valence-electron chi connectivity index (χ2n) is 6.41. The van der Waals surface area contributed by atoms with Crippen LogP contribution in [0.5, 0.6) is 5.88 Å². The molecule has 0 radical (unpaired) electrons. The van der Waals surface area contributed by atoms with E-state index in [-0.39, 0.29) is 23.6 Å². The van der Waals surface area contributed by atoms with Gasteiger partial charge in [0, 0.05) is 31.8 Å². The van der Waals surface area contributed by atoms with Crippen LogP contribution < -0.4 is 4.74 Å². The van der Waals surface area contributed by atoms with Crippen molar-refractivity contribution in [1.29, 1.82) is 5.26 Å². The topological polar surface area (TPSA) is 88.3 Å². The molecule has 7 heteroatoms. The third-order valence-electron chi connectivity index (χ3n) is 4.74. The van der Waals surface area contributed by atoms with Crippen molar-refractivity contribution in [3.8, 4) is 11.9 Å². The third-order valence-corrected chi connectivity index (χ3v) is 4.74. The maximum Gasteiger partial charge on any atom is 0.252 e. The maximum atomic E-state index is 12.8. The number of ether oxygens (including phenoxy) is 2. The second-order valence-corrected chi connectivity index (χ2v) is 6.41. The highest BCUT2D eigenvalue weighted by Crippen LogP contribution is 2.24. The molecule has 2 atom stereocenters. The summed E-state index contributed by atoms with van der Waals surface area (Å²) in [5, 5.41) is 9.07. The number of hydrogen-bond donors (Lipinski definition) is 0. The van der Waals surface area contributed by atoms with E-state index in [2.05, 4.69) is 9.97 Å². The normalized spacial score (nSPS) is 21.7. The summed E-state index contributed by atoms with van der Waals surface area (Å²) in [6.07, 6.45) is 3.58. The molecule has 4 rings (SSSR count). The van der Waals surface area contributed by atoms with Crippen molar-refractivity contribution >= 4 is 5.91 Å². The molecule has 0 N–H and O–H groups in total. The number of carbonyl (C=O) groups is 1. The Hall–Kier alpha value is -2.98. The molecule has 132 valence electrons. The van der Waals surface area contributed by atoms with Crippen LogP contribution in [-0.2, 0) is 22.6 Å². The van der Waals surface area contributed by atoms with E-state index in [1.165, 1.54) is 18.0 Å². The largest absolute Gasteiger partial charge is 0.470 e. The molecule has 0 spiro atoms. The van der Waals surface area contributed by atoms with Crippen LogP contribution in [0.1, 0.15) is 23.2 Å². The summed E-state index contributed by atoms with van der Waals surface area (Å²) in [6.45, 7) is 1.53. The van der Waals surface area contributed by atoms with E-state index in [1.54, 1.807) is 4.90 Å². The molecule has 2 aliphatic heterocycles. The summed E-state index contributed by atoms with van der Waals surface area (Å²) >= 11 is 0. The minimum Gasteiger partial charge on any atom is -0.470 e. The van der Waals surface area contributed by atoms with Gasteiger partial charge in [0.15, 0.2) is 0 Å². The van der Waals surface area contributed by atoms with Crippen molar-refractivity contribution < 1.29 is 14.3 Å². The standard InChI is InChI=1S/C19H18N4O3/c20-10-16-18(22-7-6-21-16)26-15-5-8-23(11-15)19(24)17-9-13-3-1-2-4-14(13)12-25-17/h1-4,6-7,15,17H,5,8-9,11-12H2/t15-,17+/m1/s1. The second kappa shape index (κ2) is 7.10. The highest BCUT2D eigenvalue weighted by molar-refractivity contribution is 5.82. The van der Waals surface area contributed by atoms with Gasteiger partial charge >= 0.3 is 0 Å². The van der Waals surface area contributed by atoms with Gasteiger partial charge in [-0.15, -0.1) is 0 Å². The molecule has 1 aromatic heterocycles. The van der Waals surface area contributed by atoms with Crippen molar-refractivity contribution in [3.63, 3.8) is 0 Å². The number of carbonyl (C=O) groups excluding carboxylic acids is 1. The lowest BCUT2D eigenvalue weighted by molar-refractivity contribution is -0.144. The van der Waals surface area contributed by atoms with Gasteiger partial charge in [-0.2, -0.15) is 5.26 Å². The van der Waals surface area contributed by atoms with E-state index in [1.807, 2.05) is 30.3 Å². The van der Waals surface area contributed by atoms with Crippen LogP contribution >= 0.6 is 0 Å². The Kier molecular flexibility index (Phi) is 4.50. The van der Waals surface area contributed by atoms with Crippen LogP contribution in [0.2, 0.25) is 0 Å². The van der Waals surface area contributed by atoms with Gasteiger partial charge in [0.25, 0.3) is 11.8 Å². The summed E-state index contributed by atoms with van der Waals surface area (Å²) in [7, 11) is 0. The van der Waals surface area contributed by atoms with Gasteiger partial charge in [-0.3, -0.25) is 4.79 Å². The third kappa shape index (κ3) is 3.24. The summed E-state index contributed by atoms with van der Waals surface area (Å²) in [5.74, 6) is 0.211. The first-order valence-electron chi connectivity index (χ1n) is 8.59. The molecule has 2 aliphatic rings. The zero-order valence-electron chi connectivity index (χ0n) is 14.2. The Morgan fingerprint density at radius 2 is 2.08 bits per heavy atom. The molecule has 0 saturated carbocycles. The fourth-order valence-corrected chi connectivity index (χ4v) is 3.38. The Bertz CT molecular complexity index is 864. The Labute approximate surface area is 151 Å².